The first-order chi connectivity index (χ1) is 9.15. The molecule has 0 aromatic heterocycles. The molecule has 3 rings (SSSR count). The molecule has 0 bridgehead atoms. The Balaban J connectivity index is 2.03. The van der Waals surface area contributed by atoms with Crippen molar-refractivity contribution >= 4 is 11.5 Å². The Labute approximate surface area is 112 Å². The Morgan fingerprint density at radius 2 is 1.95 bits per heavy atom. The van der Waals surface area contributed by atoms with E-state index in [1.54, 1.807) is 0 Å². The molecule has 0 fully saturated rings. The van der Waals surface area contributed by atoms with E-state index in [-0.39, 0.29) is 11.9 Å². The van der Waals surface area contributed by atoms with E-state index in [2.05, 4.69) is 0 Å². The maximum atomic E-state index is 12.2. The molecule has 0 saturated carbocycles. The molecular formula is C16H15NO2. The van der Waals surface area contributed by atoms with Crippen molar-refractivity contribution in [1.82, 2.24) is 0 Å². The molecular weight excluding hydrogens is 238 g/mol. The number of hydrogen-bond donors (Lipinski definition) is 1. The second kappa shape index (κ2) is 4.43. The van der Waals surface area contributed by atoms with Crippen molar-refractivity contribution in [2.45, 2.75) is 19.4 Å². The van der Waals surface area contributed by atoms with Gasteiger partial charge in [-0.3, -0.25) is 4.79 Å². The van der Waals surface area contributed by atoms with Crippen LogP contribution in [0.25, 0.3) is 0 Å². The van der Waals surface area contributed by atoms with Crippen LogP contribution < -0.4 is 10.5 Å². The normalized spacial score (nSPS) is 17.7. The van der Waals surface area contributed by atoms with E-state index >= 15 is 0 Å². The zero-order valence-corrected chi connectivity index (χ0v) is 10.7. The minimum atomic E-state index is -0.244. The van der Waals surface area contributed by atoms with Gasteiger partial charge in [-0.25, -0.2) is 0 Å². The lowest BCUT2D eigenvalue weighted by molar-refractivity contribution is 0.0851. The van der Waals surface area contributed by atoms with Gasteiger partial charge < -0.3 is 10.5 Å². The van der Waals surface area contributed by atoms with Crippen LogP contribution in [0.5, 0.6) is 5.75 Å². The van der Waals surface area contributed by atoms with Crippen molar-refractivity contribution in [3.63, 3.8) is 0 Å². The average Bonchev–Trinajstić information content (AvgIpc) is 2.41. The Hall–Kier alpha value is -2.29. The molecule has 1 aliphatic rings. The Morgan fingerprint density at radius 3 is 2.68 bits per heavy atom. The first kappa shape index (κ1) is 11.8. The summed E-state index contributed by atoms with van der Waals surface area (Å²) in [6, 6.07) is 13.4. The molecule has 1 aliphatic heterocycles. The van der Waals surface area contributed by atoms with Gasteiger partial charge in [-0.1, -0.05) is 30.3 Å². The fourth-order valence-electron chi connectivity index (χ4n) is 2.46. The number of fused-ring (bicyclic) bond motifs is 1. The predicted octanol–water partition coefficient (Wildman–Crippen LogP) is 3.28. The van der Waals surface area contributed by atoms with Crippen LogP contribution in [0.4, 0.5) is 5.69 Å². The van der Waals surface area contributed by atoms with E-state index in [9.17, 15) is 4.79 Å². The van der Waals surface area contributed by atoms with E-state index in [4.69, 9.17) is 10.5 Å². The second-order valence-corrected chi connectivity index (χ2v) is 4.88. The number of aryl methyl sites for hydroxylation is 1. The van der Waals surface area contributed by atoms with Crippen molar-refractivity contribution in [2.24, 2.45) is 0 Å². The van der Waals surface area contributed by atoms with Crippen molar-refractivity contribution < 1.29 is 9.53 Å². The summed E-state index contributed by atoms with van der Waals surface area (Å²) < 4.78 is 5.93. The number of ether oxygens (including phenoxy) is 1. The molecule has 0 aliphatic carbocycles. The summed E-state index contributed by atoms with van der Waals surface area (Å²) in [5.74, 6) is 0.612. The fraction of sp³-hybridized carbons (Fsp3) is 0.188. The van der Waals surface area contributed by atoms with E-state index in [0.717, 1.165) is 11.1 Å². The maximum Gasteiger partial charge on any atom is 0.170 e. The topological polar surface area (TPSA) is 52.3 Å². The Bertz CT molecular complexity index is 635. The van der Waals surface area contributed by atoms with Gasteiger partial charge in [0, 0.05) is 0 Å². The van der Waals surface area contributed by atoms with Gasteiger partial charge in [-0.05, 0) is 30.2 Å². The quantitative estimate of drug-likeness (QED) is 0.793. The molecule has 1 atom stereocenters. The number of nitrogens with two attached hydrogens (primary N) is 1. The van der Waals surface area contributed by atoms with Gasteiger partial charge >= 0.3 is 0 Å². The highest BCUT2D eigenvalue weighted by Crippen LogP contribution is 2.39. The molecule has 0 amide bonds. The Kier molecular flexibility index (Phi) is 2.75. The number of Topliss-reactive ketones (excluding diaryl/α,β-unsaturated/α-hetero) is 1. The smallest absolute Gasteiger partial charge is 0.170 e. The molecule has 2 aromatic carbocycles. The molecule has 1 heterocycles. The maximum absolute atomic E-state index is 12.2. The van der Waals surface area contributed by atoms with Crippen molar-refractivity contribution in [3.05, 3.63) is 59.2 Å². The van der Waals surface area contributed by atoms with Crippen LogP contribution >= 0.6 is 0 Å². The number of benzene rings is 2. The third-order valence-electron chi connectivity index (χ3n) is 3.36. The number of ketones is 1. The second-order valence-electron chi connectivity index (χ2n) is 4.88. The summed E-state index contributed by atoms with van der Waals surface area (Å²) in [5, 5.41) is 0. The minimum absolute atomic E-state index is 0.0884. The SMILES string of the molecule is Cc1cc(N)c2c(c1)C(=O)CC(c1ccccc1)O2. The summed E-state index contributed by atoms with van der Waals surface area (Å²) in [6.45, 7) is 1.92. The summed E-state index contributed by atoms with van der Waals surface area (Å²) in [7, 11) is 0. The summed E-state index contributed by atoms with van der Waals surface area (Å²) >= 11 is 0. The molecule has 96 valence electrons. The molecule has 3 heteroatoms. The van der Waals surface area contributed by atoms with Crippen LogP contribution in [0.1, 0.15) is 34.0 Å². The number of rotatable bonds is 1. The number of nitrogen functional groups attached to an aromatic ring is 1. The van der Waals surface area contributed by atoms with Gasteiger partial charge in [0.05, 0.1) is 17.7 Å². The first-order valence-electron chi connectivity index (χ1n) is 6.30. The number of carbonyl (C=O) groups excluding carboxylic acids is 1. The van der Waals surface area contributed by atoms with Crippen LogP contribution in [0, 0.1) is 6.92 Å². The van der Waals surface area contributed by atoms with Crippen LogP contribution in [-0.4, -0.2) is 5.78 Å². The van der Waals surface area contributed by atoms with Crippen LogP contribution in [0.15, 0.2) is 42.5 Å². The lowest BCUT2D eigenvalue weighted by Crippen LogP contribution is -2.21. The number of hydrogen-bond acceptors (Lipinski definition) is 3. The average molecular weight is 253 g/mol. The molecule has 0 radical (unpaired) electrons. The van der Waals surface area contributed by atoms with Crippen molar-refractivity contribution in [1.29, 1.82) is 0 Å². The van der Waals surface area contributed by atoms with Gasteiger partial charge in [0.15, 0.2) is 11.5 Å². The van der Waals surface area contributed by atoms with Crippen molar-refractivity contribution in [3.8, 4) is 5.75 Å². The molecule has 1 unspecified atom stereocenters. The molecule has 2 N–H and O–H groups in total. The van der Waals surface area contributed by atoms with Gasteiger partial charge in [-0.2, -0.15) is 0 Å². The van der Waals surface area contributed by atoms with E-state index in [1.807, 2.05) is 49.4 Å². The third-order valence-corrected chi connectivity index (χ3v) is 3.36. The standard InChI is InChI=1S/C16H15NO2/c1-10-7-12-14(18)9-15(11-5-3-2-4-6-11)19-16(12)13(17)8-10/h2-8,15H,9,17H2,1H3. The number of anilines is 1. The lowest BCUT2D eigenvalue weighted by atomic mass is 9.94. The highest BCUT2D eigenvalue weighted by molar-refractivity contribution is 6.01. The van der Waals surface area contributed by atoms with E-state index in [0.29, 0.717) is 23.4 Å². The predicted molar refractivity (Wildman–Crippen MR) is 74.3 cm³/mol. The van der Waals surface area contributed by atoms with Crippen LogP contribution in [0.2, 0.25) is 0 Å². The van der Waals surface area contributed by atoms with Gasteiger partial charge in [0.2, 0.25) is 0 Å². The zero-order chi connectivity index (χ0) is 13.4. The monoisotopic (exact) mass is 253 g/mol. The molecule has 0 saturated heterocycles. The van der Waals surface area contributed by atoms with E-state index < -0.39 is 0 Å². The fourth-order valence-corrected chi connectivity index (χ4v) is 2.46. The highest BCUT2D eigenvalue weighted by atomic mass is 16.5. The summed E-state index contributed by atoms with van der Waals surface area (Å²) in [5.41, 5.74) is 9.08. The lowest BCUT2D eigenvalue weighted by Gasteiger charge is -2.26. The summed E-state index contributed by atoms with van der Waals surface area (Å²) in [6.07, 6.45) is 0.117. The molecule has 3 nitrogen and oxygen atoms in total. The highest BCUT2D eigenvalue weighted by Gasteiger charge is 2.29. The third kappa shape index (κ3) is 2.08. The van der Waals surface area contributed by atoms with Gasteiger partial charge in [0.1, 0.15) is 6.10 Å². The van der Waals surface area contributed by atoms with Gasteiger partial charge in [0.25, 0.3) is 0 Å². The van der Waals surface area contributed by atoms with Crippen LogP contribution in [0.3, 0.4) is 0 Å². The molecule has 19 heavy (non-hydrogen) atoms. The van der Waals surface area contributed by atoms with Crippen molar-refractivity contribution in [2.75, 3.05) is 5.73 Å². The van der Waals surface area contributed by atoms with E-state index in [1.165, 1.54) is 0 Å². The summed E-state index contributed by atoms with van der Waals surface area (Å²) in [4.78, 5) is 12.2. The zero-order valence-electron chi connectivity index (χ0n) is 10.7. The minimum Gasteiger partial charge on any atom is -0.482 e. The number of carbonyl (C=O) groups is 1. The largest absolute Gasteiger partial charge is 0.482 e. The molecule has 2 aromatic rings. The van der Waals surface area contributed by atoms with Crippen LogP contribution in [-0.2, 0) is 0 Å². The molecule has 0 spiro atoms. The Morgan fingerprint density at radius 1 is 1.21 bits per heavy atom. The first-order valence-corrected chi connectivity index (χ1v) is 6.30. The van der Waals surface area contributed by atoms with Gasteiger partial charge in [-0.15, -0.1) is 0 Å².